The number of ether oxygens (including phenoxy) is 2. The van der Waals surface area contributed by atoms with E-state index in [9.17, 15) is 9.59 Å². The number of hydrogen-bond acceptors (Lipinski definition) is 9. The standard InChI is InChI=1S/C33H40N5O6P/c1-21(2)38(22(3)4)45(42-18-10-16-34)44-29-19-31(43-23(29)5)37-17-15-30(35-32(37)39)36-33(40)41-20-28-26-13-8-6-11-24(26)25-12-7-9-14-27(25)28/h6-9,11-15,17,21-23,28-29,31H,10,18-20H2,1-5H3,(H,35,36,39,40)/t23-,29?,31-,45?/m1/s1/i5D. The number of fused-ring (bicyclic) bond motifs is 3. The van der Waals surface area contributed by atoms with Crippen molar-refractivity contribution < 1.29 is 24.7 Å². The molecule has 1 amide bonds. The predicted molar refractivity (Wildman–Crippen MR) is 171 cm³/mol. The fourth-order valence-corrected chi connectivity index (χ4v) is 7.59. The Morgan fingerprint density at radius 3 is 2.42 bits per heavy atom. The second-order valence-electron chi connectivity index (χ2n) is 11.5. The lowest BCUT2D eigenvalue weighted by Gasteiger charge is -2.37. The lowest BCUT2D eigenvalue weighted by molar-refractivity contribution is -0.00866. The topological polar surface area (TPSA) is 128 Å². The predicted octanol–water partition coefficient (Wildman–Crippen LogP) is 6.57. The highest BCUT2D eigenvalue weighted by atomic mass is 31.2. The Balaban J connectivity index is 1.22. The number of nitrogens with zero attached hydrogens (tertiary/aromatic N) is 4. The molecule has 2 aliphatic rings. The van der Waals surface area contributed by atoms with Crippen LogP contribution in [0.4, 0.5) is 10.6 Å². The minimum atomic E-state index is -1.55. The van der Waals surface area contributed by atoms with Crippen molar-refractivity contribution >= 4 is 20.4 Å². The molecule has 2 unspecified atom stereocenters. The molecule has 238 valence electrons. The molecule has 2 aromatic carbocycles. The molecule has 5 rings (SSSR count). The van der Waals surface area contributed by atoms with Crippen LogP contribution in [0.1, 0.15) is 72.1 Å². The van der Waals surface area contributed by atoms with Crippen molar-refractivity contribution in [2.75, 3.05) is 18.5 Å². The summed E-state index contributed by atoms with van der Waals surface area (Å²) in [5.41, 5.74) is 3.84. The molecular formula is C33H40N5O6P. The van der Waals surface area contributed by atoms with Crippen LogP contribution in [-0.2, 0) is 18.5 Å². The van der Waals surface area contributed by atoms with Crippen LogP contribution >= 0.6 is 8.53 Å². The molecule has 0 saturated carbocycles. The van der Waals surface area contributed by atoms with Gasteiger partial charge in [-0.05, 0) is 62.9 Å². The van der Waals surface area contributed by atoms with E-state index >= 15 is 0 Å². The molecule has 45 heavy (non-hydrogen) atoms. The summed E-state index contributed by atoms with van der Waals surface area (Å²) in [6.07, 6.45) is -0.502. The van der Waals surface area contributed by atoms with Crippen LogP contribution in [0.3, 0.4) is 0 Å². The minimum Gasteiger partial charge on any atom is -0.448 e. The third-order valence-electron chi connectivity index (χ3n) is 7.78. The first kappa shape index (κ1) is 31.3. The molecule has 1 fully saturated rings. The molecule has 3 aromatic rings. The number of aromatic nitrogens is 2. The summed E-state index contributed by atoms with van der Waals surface area (Å²) in [6.45, 7) is 8.48. The molecule has 0 bridgehead atoms. The van der Waals surface area contributed by atoms with Crippen molar-refractivity contribution in [2.45, 2.75) is 83.9 Å². The fourth-order valence-electron chi connectivity index (χ4n) is 5.84. The van der Waals surface area contributed by atoms with Gasteiger partial charge in [0.05, 0.1) is 31.3 Å². The van der Waals surface area contributed by atoms with Crippen molar-refractivity contribution in [2.24, 2.45) is 0 Å². The summed E-state index contributed by atoms with van der Waals surface area (Å²) in [7, 11) is -1.55. The van der Waals surface area contributed by atoms with Gasteiger partial charge in [-0.15, -0.1) is 0 Å². The largest absolute Gasteiger partial charge is 0.448 e. The van der Waals surface area contributed by atoms with E-state index in [0.717, 1.165) is 22.3 Å². The first-order valence-electron chi connectivity index (χ1n) is 15.8. The molecule has 1 saturated heterocycles. The number of carbonyl (C=O) groups is 1. The average Bonchev–Trinajstić information content (AvgIpc) is 3.58. The molecule has 1 aromatic heterocycles. The lowest BCUT2D eigenvalue weighted by atomic mass is 9.98. The van der Waals surface area contributed by atoms with Gasteiger partial charge in [-0.1, -0.05) is 48.5 Å². The summed E-state index contributed by atoms with van der Waals surface area (Å²) >= 11 is 0. The second kappa shape index (κ2) is 14.6. The maximum Gasteiger partial charge on any atom is 0.412 e. The van der Waals surface area contributed by atoms with E-state index in [1.165, 1.54) is 16.8 Å². The average molecular weight is 635 g/mol. The van der Waals surface area contributed by atoms with Gasteiger partial charge in [0, 0.05) is 32.0 Å². The normalized spacial score (nSPS) is 20.1. The van der Waals surface area contributed by atoms with Gasteiger partial charge in [-0.25, -0.2) is 14.3 Å². The van der Waals surface area contributed by atoms with Crippen LogP contribution < -0.4 is 11.0 Å². The fraction of sp³-hybridized carbons (Fsp3) is 0.455. The number of carbonyl (C=O) groups excluding carboxylic acids is 1. The third-order valence-corrected chi connectivity index (χ3v) is 9.94. The molecule has 1 N–H and O–H groups in total. The van der Waals surface area contributed by atoms with Crippen molar-refractivity contribution in [3.63, 3.8) is 0 Å². The van der Waals surface area contributed by atoms with E-state index < -0.39 is 38.7 Å². The van der Waals surface area contributed by atoms with Crippen LogP contribution in [0, 0.1) is 11.3 Å². The first-order chi connectivity index (χ1) is 22.2. The molecule has 1 aliphatic heterocycles. The number of amides is 1. The Kier molecular flexibility index (Phi) is 10.2. The Morgan fingerprint density at radius 1 is 1.16 bits per heavy atom. The number of hydrogen-bond donors (Lipinski definition) is 1. The van der Waals surface area contributed by atoms with Crippen molar-refractivity contribution in [1.29, 1.82) is 5.26 Å². The molecule has 2 heterocycles. The van der Waals surface area contributed by atoms with E-state index in [1.807, 2.05) is 64.1 Å². The molecule has 0 radical (unpaired) electrons. The first-order valence-corrected chi connectivity index (χ1v) is 16.3. The SMILES string of the molecule is [2H]C[C@H]1O[C@@H](n2ccc(NC(=O)OCC3c4ccccc4-c4ccccc43)nc2=O)CC1OP(OCCC#N)N(C(C)C)C(C)C. The smallest absolute Gasteiger partial charge is 0.412 e. The van der Waals surface area contributed by atoms with Crippen LogP contribution in [0.25, 0.3) is 11.1 Å². The van der Waals surface area contributed by atoms with Gasteiger partial charge in [-0.2, -0.15) is 10.2 Å². The van der Waals surface area contributed by atoms with Gasteiger partial charge in [0.15, 0.2) is 0 Å². The highest BCUT2D eigenvalue weighted by molar-refractivity contribution is 7.44. The lowest BCUT2D eigenvalue weighted by Crippen LogP contribution is -2.35. The highest BCUT2D eigenvalue weighted by Crippen LogP contribution is 2.50. The summed E-state index contributed by atoms with van der Waals surface area (Å²) < 4.78 is 35.6. The van der Waals surface area contributed by atoms with E-state index in [1.54, 1.807) is 0 Å². The van der Waals surface area contributed by atoms with E-state index in [0.29, 0.717) is 6.42 Å². The monoisotopic (exact) mass is 634 g/mol. The molecular weight excluding hydrogens is 593 g/mol. The van der Waals surface area contributed by atoms with Gasteiger partial charge < -0.3 is 18.5 Å². The van der Waals surface area contributed by atoms with Crippen molar-refractivity contribution in [1.82, 2.24) is 14.2 Å². The van der Waals surface area contributed by atoms with Gasteiger partial charge in [-0.3, -0.25) is 9.88 Å². The van der Waals surface area contributed by atoms with Gasteiger partial charge in [0.1, 0.15) is 18.7 Å². The van der Waals surface area contributed by atoms with Crippen LogP contribution in [0.15, 0.2) is 65.6 Å². The number of rotatable bonds is 12. The summed E-state index contributed by atoms with van der Waals surface area (Å²) in [4.78, 5) is 29.8. The minimum absolute atomic E-state index is 0.0558. The maximum atomic E-state index is 13.1. The van der Waals surface area contributed by atoms with Crippen LogP contribution in [-0.4, -0.2) is 57.8 Å². The Labute approximate surface area is 266 Å². The van der Waals surface area contributed by atoms with Crippen LogP contribution in [0.2, 0.25) is 0 Å². The van der Waals surface area contributed by atoms with E-state index in [2.05, 4.69) is 33.2 Å². The molecule has 11 nitrogen and oxygen atoms in total. The maximum absolute atomic E-state index is 13.1. The second-order valence-corrected chi connectivity index (χ2v) is 12.9. The van der Waals surface area contributed by atoms with Crippen LogP contribution in [0.5, 0.6) is 0 Å². The number of nitrogens with one attached hydrogen (secondary N) is 1. The zero-order valence-corrected chi connectivity index (χ0v) is 26.9. The molecule has 12 heteroatoms. The zero-order chi connectivity index (χ0) is 32.8. The molecule has 4 atom stereocenters. The number of nitriles is 1. The van der Waals surface area contributed by atoms with Crippen molar-refractivity contribution in [3.8, 4) is 17.2 Å². The summed E-state index contributed by atoms with van der Waals surface area (Å²) in [5, 5.41) is 11.6. The summed E-state index contributed by atoms with van der Waals surface area (Å²) in [5.74, 6) is -0.0371. The Hall–Kier alpha value is -3.65. The summed E-state index contributed by atoms with van der Waals surface area (Å²) in [6, 6.07) is 20.0. The zero-order valence-electron chi connectivity index (χ0n) is 27.0. The van der Waals surface area contributed by atoms with Gasteiger partial charge in [0.25, 0.3) is 8.53 Å². The van der Waals surface area contributed by atoms with Gasteiger partial charge >= 0.3 is 11.8 Å². The number of anilines is 1. The van der Waals surface area contributed by atoms with Crippen molar-refractivity contribution in [3.05, 3.63) is 82.4 Å². The van der Waals surface area contributed by atoms with E-state index in [4.69, 9.17) is 25.2 Å². The van der Waals surface area contributed by atoms with E-state index in [-0.39, 0.29) is 50.4 Å². The Bertz CT molecular complexity index is 1560. The molecule has 0 spiro atoms. The van der Waals surface area contributed by atoms with Gasteiger partial charge in [0.2, 0.25) is 0 Å². The molecule has 1 aliphatic carbocycles. The number of benzene rings is 2. The highest BCUT2D eigenvalue weighted by Gasteiger charge is 2.39. The third kappa shape index (κ3) is 7.43. The quantitative estimate of drug-likeness (QED) is 0.174. The Morgan fingerprint density at radius 2 is 1.82 bits per heavy atom.